The van der Waals surface area contributed by atoms with E-state index in [0.29, 0.717) is 11.3 Å². The summed E-state index contributed by atoms with van der Waals surface area (Å²) < 4.78 is 5.32. The first-order chi connectivity index (χ1) is 13.0. The Bertz CT molecular complexity index is 957. The maximum Gasteiger partial charge on any atom is 0.308 e. The molecule has 1 amide bonds. The van der Waals surface area contributed by atoms with Crippen LogP contribution in [0.4, 0.5) is 0 Å². The molecule has 0 radical (unpaired) electrons. The summed E-state index contributed by atoms with van der Waals surface area (Å²) in [7, 11) is 0. The SMILES string of the molecule is Cc1nc2ccccc2nc1COC(=O)C[C@@H](C)NC(=O)c1ccccc1. The van der Waals surface area contributed by atoms with E-state index in [4.69, 9.17) is 4.74 Å². The Balaban J connectivity index is 1.53. The van der Waals surface area contributed by atoms with E-state index in [1.54, 1.807) is 31.2 Å². The standard InChI is InChI=1S/C21H21N3O3/c1-14(22-21(26)16-8-4-3-5-9-16)12-20(25)27-13-19-15(2)23-17-10-6-7-11-18(17)24-19/h3-11,14H,12-13H2,1-2H3,(H,22,26)/t14-/m1/s1. The number of esters is 1. The summed E-state index contributed by atoms with van der Waals surface area (Å²) in [6.45, 7) is 3.66. The molecule has 0 spiro atoms. The second kappa shape index (κ2) is 8.40. The van der Waals surface area contributed by atoms with Crippen molar-refractivity contribution < 1.29 is 14.3 Å². The lowest BCUT2D eigenvalue weighted by atomic mass is 10.2. The maximum atomic E-state index is 12.1. The zero-order valence-electron chi connectivity index (χ0n) is 15.3. The number of aryl methyl sites for hydroxylation is 1. The zero-order valence-corrected chi connectivity index (χ0v) is 15.3. The Hall–Kier alpha value is -3.28. The molecule has 0 unspecified atom stereocenters. The van der Waals surface area contributed by atoms with Crippen LogP contribution in [-0.2, 0) is 16.1 Å². The Morgan fingerprint density at radius 3 is 2.33 bits per heavy atom. The summed E-state index contributed by atoms with van der Waals surface area (Å²) in [5.74, 6) is -0.614. The average Bonchev–Trinajstić information content (AvgIpc) is 2.66. The highest BCUT2D eigenvalue weighted by atomic mass is 16.5. The topological polar surface area (TPSA) is 81.2 Å². The monoisotopic (exact) mass is 363 g/mol. The van der Waals surface area contributed by atoms with E-state index in [0.717, 1.165) is 16.7 Å². The molecule has 138 valence electrons. The number of para-hydroxylation sites is 2. The van der Waals surface area contributed by atoms with Crippen LogP contribution in [0.1, 0.15) is 35.1 Å². The number of benzene rings is 2. The van der Waals surface area contributed by atoms with Crippen molar-refractivity contribution in [1.82, 2.24) is 15.3 Å². The smallest absolute Gasteiger partial charge is 0.308 e. The molecule has 0 saturated carbocycles. The molecule has 1 aromatic heterocycles. The fourth-order valence-electron chi connectivity index (χ4n) is 2.67. The molecule has 6 heteroatoms. The second-order valence-corrected chi connectivity index (χ2v) is 6.35. The first-order valence-corrected chi connectivity index (χ1v) is 8.76. The minimum atomic E-state index is -0.398. The molecule has 0 saturated heterocycles. The molecular weight excluding hydrogens is 342 g/mol. The number of aromatic nitrogens is 2. The number of fused-ring (bicyclic) bond motifs is 1. The molecule has 3 rings (SSSR count). The molecule has 0 bridgehead atoms. The number of ether oxygens (including phenoxy) is 1. The van der Waals surface area contributed by atoms with Crippen molar-refractivity contribution in [1.29, 1.82) is 0 Å². The number of hydrogen-bond acceptors (Lipinski definition) is 5. The van der Waals surface area contributed by atoms with Crippen molar-refractivity contribution in [2.24, 2.45) is 0 Å². The van der Waals surface area contributed by atoms with E-state index < -0.39 is 5.97 Å². The van der Waals surface area contributed by atoms with Gasteiger partial charge in [-0.3, -0.25) is 9.59 Å². The van der Waals surface area contributed by atoms with Crippen LogP contribution in [-0.4, -0.2) is 27.9 Å². The number of carbonyl (C=O) groups is 2. The lowest BCUT2D eigenvalue weighted by Gasteiger charge is -2.14. The van der Waals surface area contributed by atoms with Crippen LogP contribution < -0.4 is 5.32 Å². The van der Waals surface area contributed by atoms with E-state index >= 15 is 0 Å². The van der Waals surface area contributed by atoms with Crippen molar-refractivity contribution in [3.05, 3.63) is 71.5 Å². The van der Waals surface area contributed by atoms with Crippen LogP contribution >= 0.6 is 0 Å². The first kappa shape index (κ1) is 18.5. The van der Waals surface area contributed by atoms with Crippen molar-refractivity contribution >= 4 is 22.9 Å². The number of carbonyl (C=O) groups excluding carboxylic acids is 2. The van der Waals surface area contributed by atoms with Crippen LogP contribution in [0.2, 0.25) is 0 Å². The molecule has 6 nitrogen and oxygen atoms in total. The molecule has 0 aliphatic rings. The summed E-state index contributed by atoms with van der Waals surface area (Å²) in [6, 6.07) is 16.1. The molecule has 1 heterocycles. The number of amides is 1. The van der Waals surface area contributed by atoms with Gasteiger partial charge in [-0.15, -0.1) is 0 Å². The van der Waals surface area contributed by atoms with Gasteiger partial charge in [-0.1, -0.05) is 30.3 Å². The van der Waals surface area contributed by atoms with E-state index in [1.165, 1.54) is 0 Å². The summed E-state index contributed by atoms with van der Waals surface area (Å²) >= 11 is 0. The van der Waals surface area contributed by atoms with Crippen molar-refractivity contribution in [2.45, 2.75) is 32.9 Å². The van der Waals surface area contributed by atoms with Gasteiger partial charge in [0.1, 0.15) is 6.61 Å². The second-order valence-electron chi connectivity index (χ2n) is 6.35. The third-order valence-electron chi connectivity index (χ3n) is 4.10. The Labute approximate surface area is 157 Å². The quantitative estimate of drug-likeness (QED) is 0.680. The van der Waals surface area contributed by atoms with Gasteiger partial charge in [0.25, 0.3) is 5.91 Å². The number of nitrogens with zero attached hydrogens (tertiary/aromatic N) is 2. The highest BCUT2D eigenvalue weighted by molar-refractivity contribution is 5.94. The fraction of sp³-hybridized carbons (Fsp3) is 0.238. The molecule has 0 fully saturated rings. The van der Waals surface area contributed by atoms with Gasteiger partial charge in [0, 0.05) is 11.6 Å². The van der Waals surface area contributed by atoms with Crippen LogP contribution in [0.5, 0.6) is 0 Å². The molecular formula is C21H21N3O3. The lowest BCUT2D eigenvalue weighted by molar-refractivity contribution is -0.145. The van der Waals surface area contributed by atoms with Gasteiger partial charge in [0.15, 0.2) is 0 Å². The summed E-state index contributed by atoms with van der Waals surface area (Å²) in [5.41, 5.74) is 3.48. The number of nitrogens with one attached hydrogen (secondary N) is 1. The normalized spacial score (nSPS) is 11.8. The molecule has 3 aromatic rings. The molecule has 0 aliphatic carbocycles. The van der Waals surface area contributed by atoms with Gasteiger partial charge < -0.3 is 10.1 Å². The Kier molecular flexibility index (Phi) is 5.76. The largest absolute Gasteiger partial charge is 0.459 e. The predicted octanol–water partition coefficient (Wildman–Crippen LogP) is 3.19. The predicted molar refractivity (Wildman–Crippen MR) is 102 cm³/mol. The van der Waals surface area contributed by atoms with Gasteiger partial charge in [0.2, 0.25) is 0 Å². The van der Waals surface area contributed by atoms with Crippen LogP contribution in [0.3, 0.4) is 0 Å². The number of rotatable bonds is 6. The van der Waals surface area contributed by atoms with Gasteiger partial charge >= 0.3 is 5.97 Å². The Morgan fingerprint density at radius 2 is 1.63 bits per heavy atom. The van der Waals surface area contributed by atoms with Gasteiger partial charge in [-0.25, -0.2) is 9.97 Å². The molecule has 2 aromatic carbocycles. The molecule has 27 heavy (non-hydrogen) atoms. The van der Waals surface area contributed by atoms with Gasteiger partial charge in [-0.2, -0.15) is 0 Å². The maximum absolute atomic E-state index is 12.1. The average molecular weight is 363 g/mol. The summed E-state index contributed by atoms with van der Waals surface area (Å²) in [4.78, 5) is 33.2. The minimum Gasteiger partial charge on any atom is -0.459 e. The molecule has 1 N–H and O–H groups in total. The van der Waals surface area contributed by atoms with Crippen molar-refractivity contribution in [2.75, 3.05) is 0 Å². The summed E-state index contributed by atoms with van der Waals surface area (Å²) in [6.07, 6.45) is 0.0820. The van der Waals surface area contributed by atoms with Gasteiger partial charge in [0.05, 0.1) is 28.8 Å². The zero-order chi connectivity index (χ0) is 19.2. The fourth-order valence-corrected chi connectivity index (χ4v) is 2.67. The Morgan fingerprint density at radius 1 is 1.00 bits per heavy atom. The summed E-state index contributed by atoms with van der Waals surface area (Å²) in [5, 5.41) is 2.79. The lowest BCUT2D eigenvalue weighted by Crippen LogP contribution is -2.34. The minimum absolute atomic E-state index is 0.0574. The third kappa shape index (κ3) is 4.88. The molecule has 0 aliphatic heterocycles. The van der Waals surface area contributed by atoms with E-state index in [9.17, 15) is 9.59 Å². The van der Waals surface area contributed by atoms with Crippen molar-refractivity contribution in [3.63, 3.8) is 0 Å². The van der Waals surface area contributed by atoms with Crippen LogP contribution in [0.15, 0.2) is 54.6 Å². The van der Waals surface area contributed by atoms with Gasteiger partial charge in [-0.05, 0) is 38.1 Å². The highest BCUT2D eigenvalue weighted by Gasteiger charge is 2.15. The molecule has 1 atom stereocenters. The van der Waals surface area contributed by atoms with Crippen LogP contribution in [0.25, 0.3) is 11.0 Å². The third-order valence-corrected chi connectivity index (χ3v) is 4.10. The van der Waals surface area contributed by atoms with E-state index in [-0.39, 0.29) is 25.0 Å². The van der Waals surface area contributed by atoms with E-state index in [2.05, 4.69) is 15.3 Å². The number of hydrogen-bond donors (Lipinski definition) is 1. The first-order valence-electron chi connectivity index (χ1n) is 8.76. The van der Waals surface area contributed by atoms with Crippen molar-refractivity contribution in [3.8, 4) is 0 Å². The van der Waals surface area contributed by atoms with E-state index in [1.807, 2.05) is 37.3 Å². The highest BCUT2D eigenvalue weighted by Crippen LogP contribution is 2.13. The van der Waals surface area contributed by atoms with Crippen LogP contribution in [0, 0.1) is 6.92 Å².